The van der Waals surface area contributed by atoms with Gasteiger partial charge in [-0.2, -0.15) is 0 Å². The van der Waals surface area contributed by atoms with Gasteiger partial charge in [-0.25, -0.2) is 4.90 Å². The Hall–Kier alpha value is -2.79. The highest BCUT2D eigenvalue weighted by molar-refractivity contribution is 6.47. The monoisotopic (exact) mass is 424 g/mol. The molecule has 0 saturated carbocycles. The molecule has 6 heteroatoms. The Morgan fingerprint density at radius 1 is 0.933 bits per heavy atom. The van der Waals surface area contributed by atoms with Gasteiger partial charge in [0.2, 0.25) is 0 Å². The van der Waals surface area contributed by atoms with Crippen LogP contribution in [0.3, 0.4) is 0 Å². The fraction of sp³-hybridized carbons (Fsp3) is 0.333. The van der Waals surface area contributed by atoms with E-state index in [-0.39, 0.29) is 11.8 Å². The van der Waals surface area contributed by atoms with Crippen molar-refractivity contribution in [1.29, 1.82) is 0 Å². The van der Waals surface area contributed by atoms with E-state index in [0.717, 1.165) is 19.5 Å². The van der Waals surface area contributed by atoms with E-state index in [0.29, 0.717) is 45.1 Å². The minimum absolute atomic E-state index is 0.338. The molecule has 2 aliphatic rings. The number of carbonyl (C=O) groups excluding carboxylic acids is 2. The summed E-state index contributed by atoms with van der Waals surface area (Å²) in [4.78, 5) is 30.6. The van der Waals surface area contributed by atoms with Gasteiger partial charge in [-0.3, -0.25) is 9.59 Å². The Bertz CT molecular complexity index is 1020. The summed E-state index contributed by atoms with van der Waals surface area (Å²) in [5.74, 6) is 0.703. The van der Waals surface area contributed by atoms with Crippen LogP contribution in [0.4, 0.5) is 5.69 Å². The summed E-state index contributed by atoms with van der Waals surface area (Å²) in [6.07, 6.45) is 1.10. The summed E-state index contributed by atoms with van der Waals surface area (Å²) in [5.41, 5.74) is 1.82. The number of amides is 2. The van der Waals surface area contributed by atoms with Crippen molar-refractivity contribution < 1.29 is 14.3 Å². The first kappa shape index (κ1) is 20.5. The lowest BCUT2D eigenvalue weighted by molar-refractivity contribution is -0.120. The molecule has 1 fully saturated rings. The van der Waals surface area contributed by atoms with Crippen LogP contribution < -0.4 is 9.64 Å². The second-order valence-electron chi connectivity index (χ2n) is 8.17. The summed E-state index contributed by atoms with van der Waals surface area (Å²) >= 11 is 6.36. The van der Waals surface area contributed by atoms with E-state index in [1.165, 1.54) is 4.90 Å². The first-order valence-electron chi connectivity index (χ1n) is 10.2. The van der Waals surface area contributed by atoms with Crippen molar-refractivity contribution in [3.8, 4) is 5.75 Å². The lowest BCUT2D eigenvalue weighted by Crippen LogP contribution is -2.42. The maximum atomic E-state index is 13.7. The van der Waals surface area contributed by atoms with Gasteiger partial charge < -0.3 is 9.64 Å². The van der Waals surface area contributed by atoms with Crippen LogP contribution in [0.5, 0.6) is 5.75 Å². The maximum absolute atomic E-state index is 13.7. The molecule has 5 nitrogen and oxygen atoms in total. The Morgan fingerprint density at radius 3 is 2.23 bits per heavy atom. The number of anilines is 1. The van der Waals surface area contributed by atoms with Gasteiger partial charge in [0, 0.05) is 18.7 Å². The third kappa shape index (κ3) is 3.47. The van der Waals surface area contributed by atoms with Crippen LogP contribution in [0.2, 0.25) is 5.02 Å². The van der Waals surface area contributed by atoms with Crippen LogP contribution in [0.25, 0.3) is 5.57 Å². The highest BCUT2D eigenvalue weighted by atomic mass is 35.5. The number of nitrogens with zero attached hydrogens (tertiary/aromatic N) is 2. The van der Waals surface area contributed by atoms with E-state index < -0.39 is 0 Å². The van der Waals surface area contributed by atoms with Crippen LogP contribution >= 0.6 is 11.6 Å². The van der Waals surface area contributed by atoms with Gasteiger partial charge in [0.25, 0.3) is 11.8 Å². The third-order valence-electron chi connectivity index (χ3n) is 5.71. The van der Waals surface area contributed by atoms with Gasteiger partial charge in [0.1, 0.15) is 11.4 Å². The Labute approximate surface area is 181 Å². The standard InChI is InChI=1S/C24H25ClN2O3/c1-15-12-16(2)14-26(13-15)22-21(17-8-4-7-11-20(17)30-3)23(28)27(24(22)29)19-10-6-5-9-18(19)25/h4-11,15-16H,12-14H2,1-3H3. The number of halogens is 1. The highest BCUT2D eigenvalue weighted by Crippen LogP contribution is 2.41. The predicted molar refractivity (Wildman–Crippen MR) is 118 cm³/mol. The third-order valence-corrected chi connectivity index (χ3v) is 6.03. The summed E-state index contributed by atoms with van der Waals surface area (Å²) < 4.78 is 5.52. The number of para-hydroxylation sites is 2. The average molecular weight is 425 g/mol. The quantitative estimate of drug-likeness (QED) is 0.672. The fourth-order valence-corrected chi connectivity index (χ4v) is 4.82. The van der Waals surface area contributed by atoms with Crippen molar-refractivity contribution in [3.05, 3.63) is 64.8 Å². The lowest BCUT2D eigenvalue weighted by atomic mass is 9.91. The zero-order chi connectivity index (χ0) is 21.4. The topological polar surface area (TPSA) is 49.9 Å². The molecular formula is C24H25ClN2O3. The number of hydrogen-bond acceptors (Lipinski definition) is 4. The molecular weight excluding hydrogens is 400 g/mol. The molecule has 2 aromatic rings. The first-order valence-corrected chi connectivity index (χ1v) is 10.6. The van der Waals surface area contributed by atoms with Crippen molar-refractivity contribution in [3.63, 3.8) is 0 Å². The van der Waals surface area contributed by atoms with Crippen LogP contribution in [0.1, 0.15) is 25.8 Å². The van der Waals surface area contributed by atoms with Gasteiger partial charge in [0.15, 0.2) is 0 Å². The molecule has 2 unspecified atom stereocenters. The number of imide groups is 1. The molecule has 0 spiro atoms. The molecule has 0 aliphatic carbocycles. The molecule has 4 rings (SSSR count). The molecule has 2 aliphatic heterocycles. The molecule has 30 heavy (non-hydrogen) atoms. The van der Waals surface area contributed by atoms with Gasteiger partial charge in [-0.15, -0.1) is 0 Å². The molecule has 0 radical (unpaired) electrons. The van der Waals surface area contributed by atoms with Crippen molar-refractivity contribution in [1.82, 2.24) is 4.90 Å². The van der Waals surface area contributed by atoms with E-state index in [4.69, 9.17) is 16.3 Å². The largest absolute Gasteiger partial charge is 0.496 e. The number of methoxy groups -OCH3 is 1. The van der Waals surface area contributed by atoms with Crippen LogP contribution in [-0.4, -0.2) is 36.9 Å². The van der Waals surface area contributed by atoms with Crippen molar-refractivity contribution in [2.24, 2.45) is 11.8 Å². The van der Waals surface area contributed by atoms with Crippen LogP contribution in [0.15, 0.2) is 54.2 Å². The second kappa shape index (κ2) is 8.15. The number of likely N-dealkylation sites (tertiary alicyclic amines) is 1. The summed E-state index contributed by atoms with van der Waals surface area (Å²) in [6, 6.07) is 14.3. The summed E-state index contributed by atoms with van der Waals surface area (Å²) in [5, 5.41) is 0.361. The van der Waals surface area contributed by atoms with Gasteiger partial charge in [0.05, 0.1) is 23.4 Å². The van der Waals surface area contributed by atoms with E-state index in [9.17, 15) is 9.59 Å². The number of rotatable bonds is 4. The summed E-state index contributed by atoms with van der Waals surface area (Å²) in [7, 11) is 1.57. The van der Waals surface area contributed by atoms with Crippen molar-refractivity contribution >= 4 is 34.7 Å². The Morgan fingerprint density at radius 2 is 1.57 bits per heavy atom. The minimum Gasteiger partial charge on any atom is -0.496 e. The maximum Gasteiger partial charge on any atom is 0.282 e. The molecule has 156 valence electrons. The number of ether oxygens (including phenoxy) is 1. The van der Waals surface area contributed by atoms with Crippen molar-refractivity contribution in [2.75, 3.05) is 25.1 Å². The fourth-order valence-electron chi connectivity index (χ4n) is 4.60. The van der Waals surface area contributed by atoms with Gasteiger partial charge in [-0.1, -0.05) is 55.8 Å². The molecule has 1 saturated heterocycles. The van der Waals surface area contributed by atoms with E-state index in [1.54, 1.807) is 37.4 Å². The zero-order valence-corrected chi connectivity index (χ0v) is 18.1. The number of piperidine rings is 1. The van der Waals surface area contributed by atoms with Crippen molar-refractivity contribution in [2.45, 2.75) is 20.3 Å². The van der Waals surface area contributed by atoms with Gasteiger partial charge in [-0.05, 0) is 36.5 Å². The highest BCUT2D eigenvalue weighted by Gasteiger charge is 2.45. The number of benzene rings is 2. The normalized spacial score (nSPS) is 22.1. The Kier molecular flexibility index (Phi) is 5.56. The molecule has 2 aromatic carbocycles. The van der Waals surface area contributed by atoms with E-state index in [2.05, 4.69) is 18.7 Å². The van der Waals surface area contributed by atoms with Crippen LogP contribution in [-0.2, 0) is 9.59 Å². The smallest absolute Gasteiger partial charge is 0.282 e. The molecule has 2 atom stereocenters. The minimum atomic E-state index is -0.376. The van der Waals surface area contributed by atoms with Gasteiger partial charge >= 0.3 is 0 Å². The zero-order valence-electron chi connectivity index (χ0n) is 17.4. The number of hydrogen-bond donors (Lipinski definition) is 0. The predicted octanol–water partition coefficient (Wildman–Crippen LogP) is 4.61. The molecule has 0 N–H and O–H groups in total. The van der Waals surface area contributed by atoms with E-state index >= 15 is 0 Å². The Balaban J connectivity index is 1.89. The molecule has 2 heterocycles. The van der Waals surface area contributed by atoms with E-state index in [1.807, 2.05) is 18.2 Å². The first-order chi connectivity index (χ1) is 14.4. The lowest BCUT2D eigenvalue weighted by Gasteiger charge is -2.37. The molecule has 0 bridgehead atoms. The second-order valence-corrected chi connectivity index (χ2v) is 8.58. The number of carbonyl (C=O) groups is 2. The SMILES string of the molecule is COc1ccccc1C1=C(N2CC(C)CC(C)C2)C(=O)N(c2ccccc2Cl)C1=O. The molecule has 2 amide bonds. The molecule has 0 aromatic heterocycles. The summed E-state index contributed by atoms with van der Waals surface area (Å²) in [6.45, 7) is 5.82. The average Bonchev–Trinajstić information content (AvgIpc) is 2.98. The van der Waals surface area contributed by atoms with Crippen LogP contribution in [0, 0.1) is 11.8 Å².